The zero-order valence-electron chi connectivity index (χ0n) is 11.7. The number of carbonyl (C=O) groups excluding carboxylic acids is 1. The largest absolute Gasteiger partial charge is 0.396 e. The highest BCUT2D eigenvalue weighted by Gasteiger charge is 2.22. The molecule has 0 radical (unpaired) electrons. The summed E-state index contributed by atoms with van der Waals surface area (Å²) in [6.07, 6.45) is 3.24. The van der Waals surface area contributed by atoms with Crippen LogP contribution < -0.4 is 10.6 Å². The summed E-state index contributed by atoms with van der Waals surface area (Å²) in [5, 5.41) is 14.5. The molecule has 0 fully saturated rings. The smallest absolute Gasteiger partial charge is 0.315 e. The number of carbonyl (C=O) groups is 1. The number of aliphatic hydroxyl groups excluding tert-OH is 1. The molecule has 0 aromatic heterocycles. The van der Waals surface area contributed by atoms with E-state index in [1.165, 1.54) is 12.1 Å². The molecular formula is C15H21FN2O2. The minimum atomic E-state index is -0.272. The monoisotopic (exact) mass is 280 g/mol. The highest BCUT2D eigenvalue weighted by Crippen LogP contribution is 2.30. The molecule has 1 aromatic rings. The van der Waals surface area contributed by atoms with Crippen LogP contribution in [0.15, 0.2) is 18.2 Å². The summed E-state index contributed by atoms with van der Waals surface area (Å²) in [4.78, 5) is 11.9. The van der Waals surface area contributed by atoms with E-state index in [0.29, 0.717) is 6.42 Å². The Morgan fingerprint density at radius 1 is 1.55 bits per heavy atom. The van der Waals surface area contributed by atoms with E-state index in [4.69, 9.17) is 5.11 Å². The first-order chi connectivity index (χ1) is 9.60. The van der Waals surface area contributed by atoms with Crippen molar-refractivity contribution in [2.45, 2.75) is 44.7 Å². The van der Waals surface area contributed by atoms with Gasteiger partial charge in [-0.15, -0.1) is 0 Å². The van der Waals surface area contributed by atoms with Crippen LogP contribution in [0, 0.1) is 5.82 Å². The van der Waals surface area contributed by atoms with Gasteiger partial charge in [-0.05, 0) is 55.9 Å². The normalized spacial score (nSPS) is 19.1. The molecule has 1 aromatic carbocycles. The average Bonchev–Trinajstić information content (AvgIpc) is 2.39. The number of fused-ring (bicyclic) bond motifs is 1. The molecule has 110 valence electrons. The van der Waals surface area contributed by atoms with Gasteiger partial charge in [0.2, 0.25) is 0 Å². The van der Waals surface area contributed by atoms with Crippen molar-refractivity contribution >= 4 is 6.03 Å². The standard InChI is InChI=1S/C15H21FN2O2/c1-10(7-8-19)17-15(20)18-14-4-2-3-11-5-6-12(16)9-13(11)14/h5-6,9-10,14,19H,2-4,7-8H2,1H3,(H2,17,18,20). The van der Waals surface area contributed by atoms with Gasteiger partial charge in [0.15, 0.2) is 0 Å². The third-order valence-corrected chi connectivity index (χ3v) is 3.67. The predicted octanol–water partition coefficient (Wildman–Crippen LogP) is 2.27. The number of hydrogen-bond acceptors (Lipinski definition) is 2. The number of aryl methyl sites for hydroxylation is 1. The molecule has 0 spiro atoms. The Morgan fingerprint density at radius 2 is 2.35 bits per heavy atom. The lowest BCUT2D eigenvalue weighted by molar-refractivity contribution is 0.226. The molecule has 0 saturated heterocycles. The summed E-state index contributed by atoms with van der Waals surface area (Å²) in [6, 6.07) is 4.27. The van der Waals surface area contributed by atoms with E-state index in [0.717, 1.165) is 30.4 Å². The minimum absolute atomic E-state index is 0.0406. The van der Waals surface area contributed by atoms with E-state index in [9.17, 15) is 9.18 Å². The van der Waals surface area contributed by atoms with Gasteiger partial charge in [0.1, 0.15) is 5.82 Å². The Morgan fingerprint density at radius 3 is 3.10 bits per heavy atom. The summed E-state index contributed by atoms with van der Waals surface area (Å²) in [5.74, 6) is -0.272. The fraction of sp³-hybridized carbons (Fsp3) is 0.533. The fourth-order valence-corrected chi connectivity index (χ4v) is 2.61. The van der Waals surface area contributed by atoms with Crippen molar-refractivity contribution in [1.82, 2.24) is 10.6 Å². The minimum Gasteiger partial charge on any atom is -0.396 e. The Labute approximate surface area is 118 Å². The number of amides is 2. The number of halogens is 1. The van der Waals surface area contributed by atoms with Gasteiger partial charge in [0.25, 0.3) is 0 Å². The Bertz CT molecular complexity index is 479. The van der Waals surface area contributed by atoms with Gasteiger partial charge in [-0.25, -0.2) is 9.18 Å². The highest BCUT2D eigenvalue weighted by molar-refractivity contribution is 5.74. The van der Waals surface area contributed by atoms with Gasteiger partial charge in [-0.2, -0.15) is 0 Å². The quantitative estimate of drug-likeness (QED) is 0.792. The zero-order valence-corrected chi connectivity index (χ0v) is 11.7. The Balaban J connectivity index is 2.01. The van der Waals surface area contributed by atoms with E-state index in [-0.39, 0.29) is 30.5 Å². The molecule has 5 heteroatoms. The predicted molar refractivity (Wildman–Crippen MR) is 74.9 cm³/mol. The molecular weight excluding hydrogens is 259 g/mol. The lowest BCUT2D eigenvalue weighted by Crippen LogP contribution is -2.43. The van der Waals surface area contributed by atoms with Crippen LogP contribution in [0.5, 0.6) is 0 Å². The second-order valence-corrected chi connectivity index (χ2v) is 5.32. The zero-order chi connectivity index (χ0) is 14.5. The summed E-state index contributed by atoms with van der Waals surface area (Å²) in [6.45, 7) is 1.88. The molecule has 2 rings (SSSR count). The lowest BCUT2D eigenvalue weighted by atomic mass is 9.87. The van der Waals surface area contributed by atoms with Gasteiger partial charge in [0, 0.05) is 12.6 Å². The molecule has 0 heterocycles. The van der Waals surface area contributed by atoms with Gasteiger partial charge in [-0.1, -0.05) is 6.07 Å². The molecule has 3 N–H and O–H groups in total. The number of nitrogens with one attached hydrogen (secondary N) is 2. The van der Waals surface area contributed by atoms with Crippen LogP contribution in [-0.2, 0) is 6.42 Å². The molecule has 1 aliphatic rings. The van der Waals surface area contributed by atoms with Crippen LogP contribution in [0.3, 0.4) is 0 Å². The van der Waals surface area contributed by atoms with Gasteiger partial charge in [-0.3, -0.25) is 0 Å². The van der Waals surface area contributed by atoms with Crippen LogP contribution in [0.1, 0.15) is 43.4 Å². The summed E-state index contributed by atoms with van der Waals surface area (Å²) in [7, 11) is 0. The number of benzene rings is 1. The molecule has 1 aliphatic carbocycles. The van der Waals surface area contributed by atoms with Crippen LogP contribution in [0.4, 0.5) is 9.18 Å². The molecule has 2 atom stereocenters. The first-order valence-electron chi connectivity index (χ1n) is 7.06. The molecule has 2 amide bonds. The van der Waals surface area contributed by atoms with Crippen molar-refractivity contribution in [3.63, 3.8) is 0 Å². The molecule has 4 nitrogen and oxygen atoms in total. The van der Waals surface area contributed by atoms with E-state index < -0.39 is 0 Å². The van der Waals surface area contributed by atoms with Gasteiger partial charge >= 0.3 is 6.03 Å². The van der Waals surface area contributed by atoms with Crippen molar-refractivity contribution in [2.75, 3.05) is 6.61 Å². The molecule has 2 unspecified atom stereocenters. The van der Waals surface area contributed by atoms with E-state index in [1.807, 2.05) is 6.92 Å². The number of hydrogen-bond donors (Lipinski definition) is 3. The Kier molecular flexibility index (Phi) is 4.95. The fourth-order valence-electron chi connectivity index (χ4n) is 2.61. The van der Waals surface area contributed by atoms with Crippen LogP contribution >= 0.6 is 0 Å². The van der Waals surface area contributed by atoms with E-state index in [2.05, 4.69) is 10.6 Å². The number of urea groups is 1. The summed E-state index contributed by atoms with van der Waals surface area (Å²) in [5.41, 5.74) is 1.98. The maximum atomic E-state index is 13.4. The van der Waals surface area contributed by atoms with E-state index in [1.54, 1.807) is 6.07 Å². The van der Waals surface area contributed by atoms with Crippen molar-refractivity contribution < 1.29 is 14.3 Å². The SMILES string of the molecule is CC(CCO)NC(=O)NC1CCCc2ccc(F)cc21. The van der Waals surface area contributed by atoms with Crippen molar-refractivity contribution in [2.24, 2.45) is 0 Å². The lowest BCUT2D eigenvalue weighted by Gasteiger charge is -2.27. The third-order valence-electron chi connectivity index (χ3n) is 3.67. The van der Waals surface area contributed by atoms with Crippen LogP contribution in [-0.4, -0.2) is 23.8 Å². The second-order valence-electron chi connectivity index (χ2n) is 5.32. The number of aliphatic hydroxyl groups is 1. The van der Waals surface area contributed by atoms with Crippen molar-refractivity contribution in [3.8, 4) is 0 Å². The highest BCUT2D eigenvalue weighted by atomic mass is 19.1. The van der Waals surface area contributed by atoms with E-state index >= 15 is 0 Å². The Hall–Kier alpha value is -1.62. The molecule has 0 bridgehead atoms. The van der Waals surface area contributed by atoms with Crippen molar-refractivity contribution in [1.29, 1.82) is 0 Å². The molecule has 20 heavy (non-hydrogen) atoms. The summed E-state index contributed by atoms with van der Waals surface area (Å²) >= 11 is 0. The first kappa shape index (κ1) is 14.8. The van der Waals surface area contributed by atoms with Gasteiger partial charge < -0.3 is 15.7 Å². The molecule has 0 aliphatic heterocycles. The van der Waals surface area contributed by atoms with Crippen molar-refractivity contribution in [3.05, 3.63) is 35.1 Å². The second kappa shape index (κ2) is 6.70. The topological polar surface area (TPSA) is 61.4 Å². The molecule has 0 saturated carbocycles. The maximum absolute atomic E-state index is 13.4. The maximum Gasteiger partial charge on any atom is 0.315 e. The first-order valence-corrected chi connectivity index (χ1v) is 7.06. The third kappa shape index (κ3) is 3.70. The average molecular weight is 280 g/mol. The van der Waals surface area contributed by atoms with Gasteiger partial charge in [0.05, 0.1) is 6.04 Å². The summed E-state index contributed by atoms with van der Waals surface area (Å²) < 4.78 is 13.4. The van der Waals surface area contributed by atoms with Crippen LogP contribution in [0.2, 0.25) is 0 Å². The van der Waals surface area contributed by atoms with Crippen LogP contribution in [0.25, 0.3) is 0 Å². The number of rotatable bonds is 4.